The predicted octanol–water partition coefficient (Wildman–Crippen LogP) is 2.07. The number of nitrogens with zero attached hydrogens (tertiary/aromatic N) is 1. The van der Waals surface area contributed by atoms with Crippen molar-refractivity contribution in [2.24, 2.45) is 11.5 Å². The Morgan fingerprint density at radius 3 is 2.90 bits per heavy atom. The van der Waals surface area contributed by atoms with E-state index < -0.39 is 0 Å². The number of rotatable bonds is 5. The summed E-state index contributed by atoms with van der Waals surface area (Å²) in [4.78, 5) is 13.8. The Hall–Kier alpha value is -1.10. The van der Waals surface area contributed by atoms with Crippen LogP contribution < -0.4 is 11.5 Å². The fourth-order valence-electron chi connectivity index (χ4n) is 3.03. The molecule has 1 heterocycles. The molecule has 1 saturated heterocycles. The summed E-state index contributed by atoms with van der Waals surface area (Å²) >= 11 is 6.09. The van der Waals surface area contributed by atoms with Crippen molar-refractivity contribution in [3.63, 3.8) is 0 Å². The van der Waals surface area contributed by atoms with Gasteiger partial charge in [-0.05, 0) is 43.5 Å². The molecule has 3 unspecified atom stereocenters. The molecule has 1 aromatic rings. The number of likely N-dealkylation sites (tertiary alicyclic amines) is 1. The van der Waals surface area contributed by atoms with Crippen molar-refractivity contribution in [3.8, 4) is 0 Å². The molecule has 0 radical (unpaired) electrons. The van der Waals surface area contributed by atoms with Crippen molar-refractivity contribution < 1.29 is 4.79 Å². The van der Waals surface area contributed by atoms with E-state index in [0.717, 1.165) is 31.4 Å². The smallest absolute Gasteiger partial charge is 0.234 e. The minimum absolute atomic E-state index is 0.0151. The van der Waals surface area contributed by atoms with E-state index in [4.69, 9.17) is 23.1 Å². The first-order valence-corrected chi connectivity index (χ1v) is 7.48. The zero-order chi connectivity index (χ0) is 14.7. The van der Waals surface area contributed by atoms with Gasteiger partial charge in [-0.3, -0.25) is 9.69 Å². The molecule has 0 aliphatic carbocycles. The summed E-state index contributed by atoms with van der Waals surface area (Å²) in [5, 5.41) is 0.686. The highest BCUT2D eigenvalue weighted by Gasteiger charge is 2.37. The summed E-state index contributed by atoms with van der Waals surface area (Å²) < 4.78 is 0. The van der Waals surface area contributed by atoms with Crippen molar-refractivity contribution in [3.05, 3.63) is 34.9 Å². The molecular formula is C15H22ClN3O. The summed E-state index contributed by atoms with van der Waals surface area (Å²) in [5.41, 5.74) is 12.9. The molecule has 0 spiro atoms. The molecule has 0 bridgehead atoms. The lowest BCUT2D eigenvalue weighted by molar-refractivity contribution is -0.123. The van der Waals surface area contributed by atoms with Crippen molar-refractivity contribution in [1.82, 2.24) is 4.90 Å². The molecule has 0 saturated carbocycles. The highest BCUT2D eigenvalue weighted by molar-refractivity contribution is 6.30. The standard InChI is InChI=1S/C15H22ClN3O/c1-2-12(17)14(10-5-3-6-11(16)9-10)19-8-4-7-13(19)15(18)20/h3,5-6,9,12-14H,2,4,7-8,17H2,1H3,(H2,18,20). The van der Waals surface area contributed by atoms with Gasteiger partial charge in [0.1, 0.15) is 0 Å². The predicted molar refractivity (Wildman–Crippen MR) is 81.4 cm³/mol. The maximum Gasteiger partial charge on any atom is 0.234 e. The van der Waals surface area contributed by atoms with Gasteiger partial charge in [0.25, 0.3) is 0 Å². The second-order valence-electron chi connectivity index (χ2n) is 5.37. The van der Waals surface area contributed by atoms with E-state index in [-0.39, 0.29) is 24.0 Å². The van der Waals surface area contributed by atoms with Crippen LogP contribution in [0, 0.1) is 0 Å². The molecule has 4 N–H and O–H groups in total. The topological polar surface area (TPSA) is 72.3 Å². The largest absolute Gasteiger partial charge is 0.368 e. The first-order chi connectivity index (χ1) is 9.54. The molecule has 1 aromatic carbocycles. The van der Waals surface area contributed by atoms with Crippen LogP contribution in [0.25, 0.3) is 0 Å². The number of hydrogen-bond donors (Lipinski definition) is 2. The normalized spacial score (nSPS) is 22.6. The molecule has 1 aliphatic rings. The first-order valence-electron chi connectivity index (χ1n) is 7.10. The number of primary amides is 1. The molecule has 0 aromatic heterocycles. The molecule has 2 rings (SSSR count). The van der Waals surface area contributed by atoms with Gasteiger partial charge in [-0.15, -0.1) is 0 Å². The lowest BCUT2D eigenvalue weighted by Crippen LogP contribution is -2.47. The molecule has 1 amide bonds. The van der Waals surface area contributed by atoms with Crippen LogP contribution >= 0.6 is 11.6 Å². The van der Waals surface area contributed by atoms with E-state index in [1.165, 1.54) is 0 Å². The second-order valence-corrected chi connectivity index (χ2v) is 5.81. The second kappa shape index (κ2) is 6.57. The molecule has 4 nitrogen and oxygen atoms in total. The van der Waals surface area contributed by atoms with Gasteiger partial charge in [-0.2, -0.15) is 0 Å². The van der Waals surface area contributed by atoms with E-state index in [1.54, 1.807) is 0 Å². The Labute approximate surface area is 125 Å². The van der Waals surface area contributed by atoms with Crippen LogP contribution in [0.2, 0.25) is 5.02 Å². The summed E-state index contributed by atoms with van der Waals surface area (Å²) in [5.74, 6) is -0.266. The average molecular weight is 296 g/mol. The highest BCUT2D eigenvalue weighted by Crippen LogP contribution is 2.33. The number of carbonyl (C=O) groups is 1. The van der Waals surface area contributed by atoms with Crippen molar-refractivity contribution in [2.75, 3.05) is 6.54 Å². The van der Waals surface area contributed by atoms with Crippen LogP contribution in [0.15, 0.2) is 24.3 Å². The zero-order valence-electron chi connectivity index (χ0n) is 11.8. The molecule has 1 aliphatic heterocycles. The lowest BCUT2D eigenvalue weighted by atomic mass is 9.95. The van der Waals surface area contributed by atoms with E-state index >= 15 is 0 Å². The van der Waals surface area contributed by atoms with E-state index in [2.05, 4.69) is 11.8 Å². The van der Waals surface area contributed by atoms with Gasteiger partial charge in [0.15, 0.2) is 0 Å². The average Bonchev–Trinajstić information content (AvgIpc) is 2.88. The van der Waals surface area contributed by atoms with Gasteiger partial charge in [0.05, 0.1) is 12.1 Å². The fraction of sp³-hybridized carbons (Fsp3) is 0.533. The molecule has 20 heavy (non-hydrogen) atoms. The van der Waals surface area contributed by atoms with Gasteiger partial charge in [-0.1, -0.05) is 30.7 Å². The van der Waals surface area contributed by atoms with Gasteiger partial charge in [0.2, 0.25) is 5.91 Å². The number of carbonyl (C=O) groups excluding carboxylic acids is 1. The summed E-state index contributed by atoms with van der Waals surface area (Å²) in [6.45, 7) is 2.90. The minimum atomic E-state index is -0.266. The van der Waals surface area contributed by atoms with Crippen LogP contribution in [0.5, 0.6) is 0 Å². The summed E-state index contributed by atoms with van der Waals surface area (Å²) in [6.07, 6.45) is 2.61. The van der Waals surface area contributed by atoms with E-state index in [1.807, 2.05) is 24.3 Å². The Kier molecular flexibility index (Phi) is 5.02. The third-order valence-electron chi connectivity index (χ3n) is 4.05. The number of amides is 1. The summed E-state index contributed by atoms with van der Waals surface area (Å²) in [6, 6.07) is 7.42. The van der Waals surface area contributed by atoms with Crippen molar-refractivity contribution in [1.29, 1.82) is 0 Å². The maximum absolute atomic E-state index is 11.6. The molecule has 1 fully saturated rings. The number of benzene rings is 1. The number of halogens is 1. The van der Waals surface area contributed by atoms with Crippen LogP contribution in [0.4, 0.5) is 0 Å². The van der Waals surface area contributed by atoms with Gasteiger partial charge < -0.3 is 11.5 Å². The van der Waals surface area contributed by atoms with E-state index in [9.17, 15) is 4.79 Å². The molecule has 110 valence electrons. The number of hydrogen-bond acceptors (Lipinski definition) is 3. The fourth-order valence-corrected chi connectivity index (χ4v) is 3.22. The first kappa shape index (κ1) is 15.3. The third-order valence-corrected chi connectivity index (χ3v) is 4.28. The van der Waals surface area contributed by atoms with Gasteiger partial charge in [0, 0.05) is 11.1 Å². The van der Waals surface area contributed by atoms with Crippen LogP contribution in [-0.2, 0) is 4.79 Å². The monoisotopic (exact) mass is 295 g/mol. The van der Waals surface area contributed by atoms with Crippen LogP contribution in [-0.4, -0.2) is 29.4 Å². The minimum Gasteiger partial charge on any atom is -0.368 e. The number of nitrogens with two attached hydrogens (primary N) is 2. The molecule has 3 atom stereocenters. The van der Waals surface area contributed by atoms with Crippen LogP contribution in [0.3, 0.4) is 0 Å². The van der Waals surface area contributed by atoms with Crippen molar-refractivity contribution in [2.45, 2.75) is 44.3 Å². The Morgan fingerprint density at radius 1 is 1.55 bits per heavy atom. The summed E-state index contributed by atoms with van der Waals surface area (Å²) in [7, 11) is 0. The molecule has 5 heteroatoms. The van der Waals surface area contributed by atoms with Crippen LogP contribution in [0.1, 0.15) is 37.8 Å². The van der Waals surface area contributed by atoms with Gasteiger partial charge in [-0.25, -0.2) is 0 Å². The highest BCUT2D eigenvalue weighted by atomic mass is 35.5. The Morgan fingerprint density at radius 2 is 2.30 bits per heavy atom. The van der Waals surface area contributed by atoms with Gasteiger partial charge >= 0.3 is 0 Å². The zero-order valence-corrected chi connectivity index (χ0v) is 12.5. The quantitative estimate of drug-likeness (QED) is 0.873. The molecular weight excluding hydrogens is 274 g/mol. The Balaban J connectivity index is 2.35. The maximum atomic E-state index is 11.6. The lowest BCUT2D eigenvalue weighted by Gasteiger charge is -2.35. The van der Waals surface area contributed by atoms with E-state index in [0.29, 0.717) is 5.02 Å². The third kappa shape index (κ3) is 3.14. The van der Waals surface area contributed by atoms with Crippen molar-refractivity contribution >= 4 is 17.5 Å². The SMILES string of the molecule is CCC(N)C(c1cccc(Cl)c1)N1CCCC1C(N)=O. The Bertz CT molecular complexity index is 480.